The Labute approximate surface area is 168 Å². The lowest BCUT2D eigenvalue weighted by Crippen LogP contribution is -2.51. The summed E-state index contributed by atoms with van der Waals surface area (Å²) in [6.45, 7) is 8.27. The number of aryl methyl sites for hydroxylation is 2. The van der Waals surface area contributed by atoms with Crippen LogP contribution in [0.2, 0.25) is 0 Å². The third-order valence-electron chi connectivity index (χ3n) is 6.11. The van der Waals surface area contributed by atoms with Gasteiger partial charge in [0, 0.05) is 44.5 Å². The Morgan fingerprint density at radius 2 is 2.11 bits per heavy atom. The lowest BCUT2D eigenvalue weighted by Gasteiger charge is -2.39. The number of pyridine rings is 1. The van der Waals surface area contributed by atoms with Gasteiger partial charge in [-0.05, 0) is 58.8 Å². The highest BCUT2D eigenvalue weighted by Crippen LogP contribution is 2.32. The van der Waals surface area contributed by atoms with Crippen molar-refractivity contribution in [1.29, 1.82) is 0 Å². The van der Waals surface area contributed by atoms with Gasteiger partial charge in [-0.2, -0.15) is 0 Å². The second kappa shape index (κ2) is 8.13. The van der Waals surface area contributed by atoms with Crippen molar-refractivity contribution in [2.45, 2.75) is 51.7 Å². The van der Waals surface area contributed by atoms with E-state index in [1.165, 1.54) is 17.7 Å². The van der Waals surface area contributed by atoms with E-state index in [0.717, 1.165) is 56.4 Å². The Balaban J connectivity index is 1.53. The van der Waals surface area contributed by atoms with Crippen molar-refractivity contribution in [2.24, 2.45) is 0 Å². The minimum Gasteiger partial charge on any atom is -0.351 e. The summed E-state index contributed by atoms with van der Waals surface area (Å²) in [5.41, 5.74) is 3.74. The van der Waals surface area contributed by atoms with E-state index in [9.17, 15) is 0 Å². The van der Waals surface area contributed by atoms with E-state index < -0.39 is 0 Å². The van der Waals surface area contributed by atoms with E-state index in [1.54, 1.807) is 0 Å². The molecule has 0 radical (unpaired) electrons. The SMILES string of the molecule is Cc1nc(CN(C)C2CCCc3cccnc32)cc(N2CCN(C)CC2C)n1. The third-order valence-corrected chi connectivity index (χ3v) is 6.11. The summed E-state index contributed by atoms with van der Waals surface area (Å²) in [6, 6.07) is 7.30. The summed E-state index contributed by atoms with van der Waals surface area (Å²) < 4.78 is 0. The Hall–Kier alpha value is -2.05. The zero-order valence-corrected chi connectivity index (χ0v) is 17.6. The molecule has 28 heavy (non-hydrogen) atoms. The maximum atomic E-state index is 4.75. The molecule has 6 nitrogen and oxygen atoms in total. The van der Waals surface area contributed by atoms with E-state index in [0.29, 0.717) is 12.1 Å². The molecule has 2 aliphatic rings. The molecule has 0 N–H and O–H groups in total. The fourth-order valence-electron chi connectivity index (χ4n) is 4.70. The molecule has 0 aromatic carbocycles. The molecule has 1 saturated heterocycles. The van der Waals surface area contributed by atoms with Gasteiger partial charge in [0.15, 0.2) is 0 Å². The van der Waals surface area contributed by atoms with Crippen LogP contribution < -0.4 is 4.90 Å². The third kappa shape index (κ3) is 4.03. The van der Waals surface area contributed by atoms with Gasteiger partial charge in [-0.1, -0.05) is 6.07 Å². The minimum absolute atomic E-state index is 0.367. The van der Waals surface area contributed by atoms with Crippen molar-refractivity contribution in [3.8, 4) is 0 Å². The molecule has 0 spiro atoms. The number of aromatic nitrogens is 3. The summed E-state index contributed by atoms with van der Waals surface area (Å²) in [5, 5.41) is 0. The molecule has 1 aliphatic heterocycles. The molecule has 0 amide bonds. The number of hydrogen-bond donors (Lipinski definition) is 0. The van der Waals surface area contributed by atoms with Gasteiger partial charge in [-0.15, -0.1) is 0 Å². The van der Waals surface area contributed by atoms with Gasteiger partial charge in [-0.25, -0.2) is 9.97 Å². The second-order valence-electron chi connectivity index (χ2n) is 8.44. The highest BCUT2D eigenvalue weighted by atomic mass is 15.3. The van der Waals surface area contributed by atoms with E-state index >= 15 is 0 Å². The predicted octanol–water partition coefficient (Wildman–Crippen LogP) is 2.83. The highest BCUT2D eigenvalue weighted by molar-refractivity contribution is 5.42. The Kier molecular flexibility index (Phi) is 5.60. The zero-order chi connectivity index (χ0) is 19.7. The molecule has 2 aromatic heterocycles. The molecule has 150 valence electrons. The van der Waals surface area contributed by atoms with Crippen molar-refractivity contribution in [1.82, 2.24) is 24.8 Å². The maximum absolute atomic E-state index is 4.75. The molecule has 0 bridgehead atoms. The van der Waals surface area contributed by atoms with Crippen LogP contribution in [-0.4, -0.2) is 64.5 Å². The number of rotatable bonds is 4. The first-order chi connectivity index (χ1) is 13.5. The fraction of sp³-hybridized carbons (Fsp3) is 0.591. The first kappa shape index (κ1) is 19.3. The number of piperazine rings is 1. The largest absolute Gasteiger partial charge is 0.351 e. The molecular weight excluding hydrogens is 348 g/mol. The lowest BCUT2D eigenvalue weighted by atomic mass is 9.91. The summed E-state index contributed by atoms with van der Waals surface area (Å²) >= 11 is 0. The summed E-state index contributed by atoms with van der Waals surface area (Å²) in [6.07, 6.45) is 5.45. The van der Waals surface area contributed by atoms with Crippen LogP contribution >= 0.6 is 0 Å². The van der Waals surface area contributed by atoms with Crippen molar-refractivity contribution < 1.29 is 0 Å². The van der Waals surface area contributed by atoms with Crippen molar-refractivity contribution >= 4 is 5.82 Å². The minimum atomic E-state index is 0.367. The summed E-state index contributed by atoms with van der Waals surface area (Å²) in [4.78, 5) is 21.4. The van der Waals surface area contributed by atoms with Gasteiger partial charge >= 0.3 is 0 Å². The average molecular weight is 381 g/mol. The summed E-state index contributed by atoms with van der Waals surface area (Å²) in [7, 11) is 4.39. The molecule has 3 heterocycles. The molecule has 6 heteroatoms. The standard InChI is InChI=1S/C22H32N6/c1-16-14-26(3)11-12-28(16)21-13-19(24-17(2)25-21)15-27(4)20-9-5-7-18-8-6-10-23-22(18)20/h6,8,10,13,16,20H,5,7,9,11-12,14-15H2,1-4H3. The lowest BCUT2D eigenvalue weighted by molar-refractivity contribution is 0.206. The van der Waals surface area contributed by atoms with E-state index in [2.05, 4.69) is 53.9 Å². The monoisotopic (exact) mass is 380 g/mol. The van der Waals surface area contributed by atoms with E-state index in [4.69, 9.17) is 15.0 Å². The van der Waals surface area contributed by atoms with Crippen LogP contribution in [0.1, 0.15) is 48.6 Å². The number of anilines is 1. The first-order valence-electron chi connectivity index (χ1n) is 10.4. The smallest absolute Gasteiger partial charge is 0.132 e. The topological polar surface area (TPSA) is 48.4 Å². The van der Waals surface area contributed by atoms with Gasteiger partial charge < -0.3 is 9.80 Å². The van der Waals surface area contributed by atoms with Crippen LogP contribution in [0.25, 0.3) is 0 Å². The summed E-state index contributed by atoms with van der Waals surface area (Å²) in [5.74, 6) is 1.92. The molecule has 2 aromatic rings. The van der Waals surface area contributed by atoms with Crippen molar-refractivity contribution in [2.75, 3.05) is 38.6 Å². The van der Waals surface area contributed by atoms with E-state index in [1.807, 2.05) is 13.1 Å². The second-order valence-corrected chi connectivity index (χ2v) is 8.44. The normalized spacial score (nSPS) is 23.1. The first-order valence-corrected chi connectivity index (χ1v) is 10.4. The maximum Gasteiger partial charge on any atom is 0.132 e. The molecule has 0 saturated carbocycles. The average Bonchev–Trinajstić information content (AvgIpc) is 2.67. The van der Waals surface area contributed by atoms with Gasteiger partial charge in [0.2, 0.25) is 0 Å². The Morgan fingerprint density at radius 3 is 2.93 bits per heavy atom. The van der Waals surface area contributed by atoms with E-state index in [-0.39, 0.29) is 0 Å². The molecule has 1 fully saturated rings. The van der Waals surface area contributed by atoms with Gasteiger partial charge in [0.1, 0.15) is 11.6 Å². The molecular formula is C22H32N6. The zero-order valence-electron chi connectivity index (χ0n) is 17.6. The van der Waals surface area contributed by atoms with Crippen LogP contribution in [0, 0.1) is 6.92 Å². The number of fused-ring (bicyclic) bond motifs is 1. The molecule has 4 rings (SSSR count). The van der Waals surface area contributed by atoms with Crippen LogP contribution in [0.15, 0.2) is 24.4 Å². The Bertz CT molecular complexity index is 822. The van der Waals surface area contributed by atoms with Gasteiger partial charge in [-0.3, -0.25) is 9.88 Å². The molecule has 2 unspecified atom stereocenters. The van der Waals surface area contributed by atoms with Crippen LogP contribution in [0.5, 0.6) is 0 Å². The Morgan fingerprint density at radius 1 is 1.25 bits per heavy atom. The predicted molar refractivity (Wildman–Crippen MR) is 112 cm³/mol. The number of likely N-dealkylation sites (N-methyl/N-ethyl adjacent to an activating group) is 1. The van der Waals surface area contributed by atoms with Crippen molar-refractivity contribution in [3.05, 3.63) is 47.2 Å². The van der Waals surface area contributed by atoms with Crippen molar-refractivity contribution in [3.63, 3.8) is 0 Å². The van der Waals surface area contributed by atoms with Crippen LogP contribution in [0.3, 0.4) is 0 Å². The molecule has 1 aliphatic carbocycles. The van der Waals surface area contributed by atoms with Crippen LogP contribution in [-0.2, 0) is 13.0 Å². The van der Waals surface area contributed by atoms with Gasteiger partial charge in [0.05, 0.1) is 17.4 Å². The number of hydrogen-bond acceptors (Lipinski definition) is 6. The molecule has 2 atom stereocenters. The highest BCUT2D eigenvalue weighted by Gasteiger charge is 2.26. The van der Waals surface area contributed by atoms with Gasteiger partial charge in [0.25, 0.3) is 0 Å². The fourth-order valence-corrected chi connectivity index (χ4v) is 4.70. The number of nitrogens with zero attached hydrogens (tertiary/aromatic N) is 6. The van der Waals surface area contributed by atoms with Crippen LogP contribution in [0.4, 0.5) is 5.82 Å². The quantitative estimate of drug-likeness (QED) is 0.813.